The standard InChI is InChI=1S/C25H20F2N4O2/c1-25(2)17-11-19-20(29-24(28-19)30-22(32)14-6-4-3-5-7-14)12-21(17)31(23(25)33)13-15-8-9-16(26)10-18(15)27/h3-12H,13H2,1-2H3,(H2,28,29,30,32). The van der Waals surface area contributed by atoms with Crippen LogP contribution in [-0.2, 0) is 16.8 Å². The number of hydrogen-bond acceptors (Lipinski definition) is 3. The normalized spacial score (nSPS) is 14.5. The number of hydrogen-bond donors (Lipinski definition) is 2. The van der Waals surface area contributed by atoms with Crippen LogP contribution < -0.4 is 10.2 Å². The summed E-state index contributed by atoms with van der Waals surface area (Å²) in [6.45, 7) is 3.57. The van der Waals surface area contributed by atoms with E-state index in [1.807, 2.05) is 6.07 Å². The number of fused-ring (bicyclic) bond motifs is 2. The Morgan fingerprint density at radius 1 is 1.09 bits per heavy atom. The Balaban J connectivity index is 1.51. The number of carbonyl (C=O) groups excluding carboxylic acids is 2. The largest absolute Gasteiger partial charge is 0.324 e. The fourth-order valence-electron chi connectivity index (χ4n) is 4.14. The minimum absolute atomic E-state index is 0.0291. The van der Waals surface area contributed by atoms with Gasteiger partial charge in [0.05, 0.1) is 28.7 Å². The van der Waals surface area contributed by atoms with Crippen LogP contribution in [0.2, 0.25) is 0 Å². The van der Waals surface area contributed by atoms with E-state index in [-0.39, 0.29) is 29.9 Å². The number of amides is 2. The zero-order chi connectivity index (χ0) is 23.3. The van der Waals surface area contributed by atoms with Crippen molar-refractivity contribution < 1.29 is 18.4 Å². The summed E-state index contributed by atoms with van der Waals surface area (Å²) < 4.78 is 27.6. The first-order valence-corrected chi connectivity index (χ1v) is 10.4. The van der Waals surface area contributed by atoms with Crippen molar-refractivity contribution in [1.82, 2.24) is 9.97 Å². The number of aromatic nitrogens is 2. The van der Waals surface area contributed by atoms with Gasteiger partial charge in [-0.15, -0.1) is 0 Å². The van der Waals surface area contributed by atoms with Crippen molar-refractivity contribution in [3.8, 4) is 0 Å². The van der Waals surface area contributed by atoms with Crippen LogP contribution in [0, 0.1) is 11.6 Å². The second kappa shape index (κ2) is 7.51. The van der Waals surface area contributed by atoms with Crippen LogP contribution in [0.15, 0.2) is 60.7 Å². The molecule has 0 spiro atoms. The van der Waals surface area contributed by atoms with Gasteiger partial charge in [-0.05, 0) is 49.7 Å². The Bertz CT molecular complexity index is 1410. The summed E-state index contributed by atoms with van der Waals surface area (Å²) in [5.41, 5.74) is 2.43. The first-order chi connectivity index (χ1) is 15.7. The van der Waals surface area contributed by atoms with E-state index in [4.69, 9.17) is 0 Å². The lowest BCUT2D eigenvalue weighted by molar-refractivity contribution is -0.122. The first kappa shape index (κ1) is 20.8. The molecule has 0 fully saturated rings. The molecule has 0 unspecified atom stereocenters. The molecule has 2 amide bonds. The molecule has 8 heteroatoms. The average molecular weight is 446 g/mol. The molecule has 3 aromatic carbocycles. The van der Waals surface area contributed by atoms with Gasteiger partial charge in [-0.2, -0.15) is 0 Å². The molecule has 0 radical (unpaired) electrons. The van der Waals surface area contributed by atoms with Crippen molar-refractivity contribution in [3.05, 3.63) is 89.0 Å². The number of imidazole rings is 1. The number of H-pyrrole nitrogens is 1. The van der Waals surface area contributed by atoms with Crippen molar-refractivity contribution in [2.24, 2.45) is 0 Å². The number of carbonyl (C=O) groups is 2. The lowest BCUT2D eigenvalue weighted by Crippen LogP contribution is -2.35. The van der Waals surface area contributed by atoms with Gasteiger partial charge in [-0.25, -0.2) is 13.8 Å². The van der Waals surface area contributed by atoms with E-state index in [2.05, 4.69) is 15.3 Å². The summed E-state index contributed by atoms with van der Waals surface area (Å²) in [5, 5.41) is 2.74. The van der Waals surface area contributed by atoms with Crippen LogP contribution in [0.1, 0.15) is 35.3 Å². The predicted octanol–water partition coefficient (Wildman–Crippen LogP) is 4.92. The van der Waals surface area contributed by atoms with Crippen molar-refractivity contribution in [3.63, 3.8) is 0 Å². The number of anilines is 2. The first-order valence-electron chi connectivity index (χ1n) is 10.4. The molecule has 0 aliphatic carbocycles. The molecular weight excluding hydrogens is 426 g/mol. The molecule has 166 valence electrons. The third kappa shape index (κ3) is 3.53. The van der Waals surface area contributed by atoms with Gasteiger partial charge in [0.15, 0.2) is 0 Å². The summed E-state index contributed by atoms with van der Waals surface area (Å²) in [7, 11) is 0. The van der Waals surface area contributed by atoms with Crippen molar-refractivity contribution in [2.75, 3.05) is 10.2 Å². The molecule has 5 rings (SSSR count). The highest BCUT2D eigenvalue weighted by Gasteiger charge is 2.44. The second-order valence-corrected chi connectivity index (χ2v) is 8.54. The topological polar surface area (TPSA) is 78.1 Å². The minimum atomic E-state index is -0.855. The van der Waals surface area contributed by atoms with Gasteiger partial charge in [0.25, 0.3) is 5.91 Å². The van der Waals surface area contributed by atoms with Crippen LogP contribution in [0.25, 0.3) is 11.0 Å². The minimum Gasteiger partial charge on any atom is -0.324 e. The molecule has 0 bridgehead atoms. The highest BCUT2D eigenvalue weighted by atomic mass is 19.1. The van der Waals surface area contributed by atoms with E-state index in [0.717, 1.165) is 11.6 Å². The smallest absolute Gasteiger partial charge is 0.257 e. The van der Waals surface area contributed by atoms with Crippen molar-refractivity contribution in [1.29, 1.82) is 0 Å². The zero-order valence-corrected chi connectivity index (χ0v) is 17.9. The Labute approximate surface area is 188 Å². The van der Waals surface area contributed by atoms with Crippen LogP contribution in [-0.4, -0.2) is 21.8 Å². The van der Waals surface area contributed by atoms with Gasteiger partial charge in [0.1, 0.15) is 11.6 Å². The molecule has 2 heterocycles. The summed E-state index contributed by atoms with van der Waals surface area (Å²) in [6, 6.07) is 15.7. The fraction of sp³-hybridized carbons (Fsp3) is 0.160. The molecule has 4 aromatic rings. The van der Waals surface area contributed by atoms with Crippen LogP contribution in [0.5, 0.6) is 0 Å². The molecule has 1 aromatic heterocycles. The van der Waals surface area contributed by atoms with E-state index in [1.165, 1.54) is 17.0 Å². The summed E-state index contributed by atoms with van der Waals surface area (Å²) in [4.78, 5) is 34.7. The third-order valence-electron chi connectivity index (χ3n) is 5.95. The number of nitrogens with one attached hydrogen (secondary N) is 2. The second-order valence-electron chi connectivity index (χ2n) is 8.54. The molecule has 1 aliphatic rings. The van der Waals surface area contributed by atoms with Gasteiger partial charge in [0.2, 0.25) is 11.9 Å². The number of rotatable bonds is 4. The van der Waals surface area contributed by atoms with Gasteiger partial charge in [-0.1, -0.05) is 24.3 Å². The van der Waals surface area contributed by atoms with Crippen LogP contribution in [0.3, 0.4) is 0 Å². The Morgan fingerprint density at radius 3 is 2.58 bits per heavy atom. The van der Waals surface area contributed by atoms with Gasteiger partial charge >= 0.3 is 0 Å². The quantitative estimate of drug-likeness (QED) is 0.467. The number of halogens is 2. The van der Waals surface area contributed by atoms with Crippen LogP contribution >= 0.6 is 0 Å². The van der Waals surface area contributed by atoms with E-state index in [9.17, 15) is 18.4 Å². The number of benzene rings is 3. The number of aromatic amines is 1. The SMILES string of the molecule is CC1(C)C(=O)N(Cc2ccc(F)cc2F)c2cc3[nH]c(NC(=O)c4ccccc4)nc3cc21. The molecule has 33 heavy (non-hydrogen) atoms. The predicted molar refractivity (Wildman–Crippen MR) is 121 cm³/mol. The maximum absolute atomic E-state index is 14.3. The third-order valence-corrected chi connectivity index (χ3v) is 5.95. The highest BCUT2D eigenvalue weighted by molar-refractivity contribution is 6.10. The molecule has 0 saturated heterocycles. The molecule has 0 atom stereocenters. The maximum Gasteiger partial charge on any atom is 0.257 e. The number of nitrogens with zero attached hydrogens (tertiary/aromatic N) is 2. The lowest BCUT2D eigenvalue weighted by atomic mass is 9.86. The molecule has 2 N–H and O–H groups in total. The van der Waals surface area contributed by atoms with Crippen molar-refractivity contribution >= 4 is 34.5 Å². The van der Waals surface area contributed by atoms with E-state index in [1.54, 1.807) is 50.2 Å². The molecule has 0 saturated carbocycles. The van der Waals surface area contributed by atoms with E-state index >= 15 is 0 Å². The van der Waals surface area contributed by atoms with Gasteiger partial charge < -0.3 is 9.88 Å². The maximum atomic E-state index is 14.3. The highest BCUT2D eigenvalue weighted by Crippen LogP contribution is 2.44. The van der Waals surface area contributed by atoms with Crippen molar-refractivity contribution in [2.45, 2.75) is 25.8 Å². The summed E-state index contributed by atoms with van der Waals surface area (Å²) in [5.74, 6) is -1.59. The van der Waals surface area contributed by atoms with Gasteiger partial charge in [-0.3, -0.25) is 14.9 Å². The Hall–Kier alpha value is -4.07. The van der Waals surface area contributed by atoms with E-state index < -0.39 is 17.0 Å². The monoisotopic (exact) mass is 446 g/mol. The lowest BCUT2D eigenvalue weighted by Gasteiger charge is -2.20. The molecular formula is C25H20F2N4O2. The fourth-order valence-corrected chi connectivity index (χ4v) is 4.14. The van der Waals surface area contributed by atoms with Gasteiger partial charge in [0, 0.05) is 17.2 Å². The average Bonchev–Trinajstić information content (AvgIpc) is 3.26. The Morgan fingerprint density at radius 2 is 1.85 bits per heavy atom. The summed E-state index contributed by atoms with van der Waals surface area (Å²) in [6.07, 6.45) is 0. The molecule has 1 aliphatic heterocycles. The Kier molecular flexibility index (Phi) is 4.74. The summed E-state index contributed by atoms with van der Waals surface area (Å²) >= 11 is 0. The zero-order valence-electron chi connectivity index (χ0n) is 17.9. The van der Waals surface area contributed by atoms with Crippen LogP contribution in [0.4, 0.5) is 20.4 Å². The molecule has 6 nitrogen and oxygen atoms in total. The van der Waals surface area contributed by atoms with E-state index in [0.29, 0.717) is 22.3 Å².